The van der Waals surface area contributed by atoms with Gasteiger partial charge >= 0.3 is 6.09 Å². The van der Waals surface area contributed by atoms with Crippen molar-refractivity contribution < 1.29 is 14.3 Å². The molecule has 0 saturated heterocycles. The average molecular weight is 358 g/mol. The molecule has 0 spiro atoms. The van der Waals surface area contributed by atoms with Gasteiger partial charge in [0.15, 0.2) is 6.29 Å². The van der Waals surface area contributed by atoms with Crippen LogP contribution in [0.1, 0.15) is 38.4 Å². The number of aldehydes is 1. The van der Waals surface area contributed by atoms with Gasteiger partial charge in [-0.05, 0) is 45.2 Å². The van der Waals surface area contributed by atoms with Gasteiger partial charge in [-0.3, -0.25) is 9.69 Å². The van der Waals surface area contributed by atoms with Crippen LogP contribution in [0.15, 0.2) is 23.9 Å². The Morgan fingerprint density at radius 2 is 2.19 bits per heavy atom. The number of hydrogen-bond donors (Lipinski definition) is 2. The minimum Gasteiger partial charge on any atom is -0.443 e. The summed E-state index contributed by atoms with van der Waals surface area (Å²) in [6.07, 6.45) is 5.17. The molecular weight excluding hydrogens is 332 g/mol. The van der Waals surface area contributed by atoms with Crippen LogP contribution >= 0.6 is 0 Å². The lowest BCUT2D eigenvalue weighted by Crippen LogP contribution is -2.40. The van der Waals surface area contributed by atoms with Gasteiger partial charge < -0.3 is 15.5 Å². The Bertz CT molecular complexity index is 697. The molecule has 7 nitrogen and oxygen atoms in total. The van der Waals surface area contributed by atoms with Crippen LogP contribution in [0.3, 0.4) is 0 Å². The zero-order valence-corrected chi connectivity index (χ0v) is 15.5. The molecule has 0 fully saturated rings. The van der Waals surface area contributed by atoms with E-state index in [4.69, 9.17) is 10.1 Å². The zero-order valence-electron chi connectivity index (χ0n) is 15.5. The van der Waals surface area contributed by atoms with Crippen molar-refractivity contribution in [2.24, 2.45) is 0 Å². The van der Waals surface area contributed by atoms with Crippen molar-refractivity contribution >= 4 is 24.4 Å². The van der Waals surface area contributed by atoms with Crippen molar-refractivity contribution in [3.63, 3.8) is 0 Å². The molecule has 0 aromatic carbocycles. The van der Waals surface area contributed by atoms with Crippen LogP contribution < -0.4 is 10.2 Å². The number of nitrogens with one attached hydrogen (secondary N) is 2. The second kappa shape index (κ2) is 8.60. The fraction of sp³-hybridized carbons (Fsp3) is 0.474. The van der Waals surface area contributed by atoms with E-state index in [0.717, 1.165) is 30.3 Å². The maximum Gasteiger partial charge on any atom is 0.416 e. The predicted octanol–water partition coefficient (Wildman–Crippen LogP) is 2.63. The Morgan fingerprint density at radius 1 is 1.42 bits per heavy atom. The van der Waals surface area contributed by atoms with Crippen LogP contribution in [0.2, 0.25) is 0 Å². The standard InChI is InChI=1S/C19H26N4O3/c1-19(2,3)26-18(25)23-10-4-5-15-6-7-16(22-17(15)23)8-9-21-12-14(11-20)13-24/h6-7,11-13,20-21H,4-5,8-10H2,1-3H3/b14-12+,20-11?. The fourth-order valence-corrected chi connectivity index (χ4v) is 2.61. The molecule has 7 heteroatoms. The number of pyridine rings is 1. The van der Waals surface area contributed by atoms with E-state index < -0.39 is 5.60 Å². The number of anilines is 1. The minimum absolute atomic E-state index is 0.277. The molecule has 1 aromatic rings. The van der Waals surface area contributed by atoms with Gasteiger partial charge in [0.1, 0.15) is 11.4 Å². The van der Waals surface area contributed by atoms with Crippen molar-refractivity contribution in [2.45, 2.75) is 45.6 Å². The molecule has 1 amide bonds. The highest BCUT2D eigenvalue weighted by Gasteiger charge is 2.28. The van der Waals surface area contributed by atoms with Crippen molar-refractivity contribution in [2.75, 3.05) is 18.0 Å². The van der Waals surface area contributed by atoms with Gasteiger partial charge in [-0.15, -0.1) is 0 Å². The molecule has 0 bridgehead atoms. The number of allylic oxidation sites excluding steroid dienone is 1. The van der Waals surface area contributed by atoms with Crippen LogP contribution in [-0.4, -0.2) is 42.3 Å². The highest BCUT2D eigenvalue weighted by Crippen LogP contribution is 2.27. The number of aromatic nitrogens is 1. The zero-order chi connectivity index (χ0) is 19.2. The Balaban J connectivity index is 2.08. The monoisotopic (exact) mass is 358 g/mol. The summed E-state index contributed by atoms with van der Waals surface area (Å²) >= 11 is 0. The van der Waals surface area contributed by atoms with Crippen LogP contribution in [0.25, 0.3) is 0 Å². The number of ether oxygens (including phenoxy) is 1. The van der Waals surface area contributed by atoms with Crippen LogP contribution in [0.5, 0.6) is 0 Å². The third-order valence-corrected chi connectivity index (χ3v) is 3.81. The first-order valence-corrected chi connectivity index (χ1v) is 8.72. The van der Waals surface area contributed by atoms with E-state index in [0.29, 0.717) is 31.6 Å². The van der Waals surface area contributed by atoms with Crippen LogP contribution in [0, 0.1) is 5.41 Å². The van der Waals surface area contributed by atoms with Crippen LogP contribution in [0.4, 0.5) is 10.6 Å². The smallest absolute Gasteiger partial charge is 0.416 e. The van der Waals surface area contributed by atoms with Gasteiger partial charge in [0, 0.05) is 43.2 Å². The van der Waals surface area contributed by atoms with E-state index in [-0.39, 0.29) is 11.7 Å². The minimum atomic E-state index is -0.548. The summed E-state index contributed by atoms with van der Waals surface area (Å²) in [6.45, 7) is 6.72. The second-order valence-electron chi connectivity index (χ2n) is 7.13. The molecule has 26 heavy (non-hydrogen) atoms. The molecule has 0 atom stereocenters. The number of carbonyl (C=O) groups excluding carboxylic acids is 2. The number of nitrogens with zero attached hydrogens (tertiary/aromatic N) is 2. The highest BCUT2D eigenvalue weighted by atomic mass is 16.6. The summed E-state index contributed by atoms with van der Waals surface area (Å²) in [5.74, 6) is 0.673. The Hall–Kier alpha value is -2.70. The summed E-state index contributed by atoms with van der Waals surface area (Å²) in [4.78, 5) is 29.4. The topological polar surface area (TPSA) is 95.4 Å². The molecule has 0 unspecified atom stereocenters. The lowest BCUT2D eigenvalue weighted by Gasteiger charge is -2.31. The number of fused-ring (bicyclic) bond motifs is 1. The van der Waals surface area contributed by atoms with E-state index >= 15 is 0 Å². The quantitative estimate of drug-likeness (QED) is 0.353. The summed E-state index contributed by atoms with van der Waals surface area (Å²) in [5.41, 5.74) is 1.63. The van der Waals surface area contributed by atoms with E-state index in [1.54, 1.807) is 4.90 Å². The third kappa shape index (κ3) is 5.40. The van der Waals surface area contributed by atoms with Gasteiger partial charge in [-0.25, -0.2) is 9.78 Å². The van der Waals surface area contributed by atoms with E-state index in [1.807, 2.05) is 32.9 Å². The largest absolute Gasteiger partial charge is 0.443 e. The van der Waals surface area contributed by atoms with Gasteiger partial charge in [-0.2, -0.15) is 0 Å². The van der Waals surface area contributed by atoms with Gasteiger partial charge in [0.05, 0.1) is 0 Å². The first-order valence-electron chi connectivity index (χ1n) is 8.72. The molecule has 0 saturated carbocycles. The van der Waals surface area contributed by atoms with Gasteiger partial charge in [0.25, 0.3) is 0 Å². The third-order valence-electron chi connectivity index (χ3n) is 3.81. The maximum absolute atomic E-state index is 12.5. The normalized spacial score (nSPS) is 14.4. The van der Waals surface area contributed by atoms with Crippen molar-refractivity contribution in [3.05, 3.63) is 35.2 Å². The first kappa shape index (κ1) is 19.6. The van der Waals surface area contributed by atoms with Crippen LogP contribution in [-0.2, 0) is 22.4 Å². The number of rotatable bonds is 6. The maximum atomic E-state index is 12.5. The SMILES string of the molecule is CC(C)(C)OC(=O)N1CCCc2ccc(CCN/C=C(\C=N)C=O)nc21. The van der Waals surface area contributed by atoms with E-state index in [2.05, 4.69) is 10.3 Å². The van der Waals surface area contributed by atoms with Crippen molar-refractivity contribution in [1.82, 2.24) is 10.3 Å². The first-order chi connectivity index (χ1) is 12.3. The lowest BCUT2D eigenvalue weighted by atomic mass is 10.0. The van der Waals surface area contributed by atoms with Gasteiger partial charge in [-0.1, -0.05) is 6.07 Å². The fourth-order valence-electron chi connectivity index (χ4n) is 2.61. The summed E-state index contributed by atoms with van der Waals surface area (Å²) in [7, 11) is 0. The molecular formula is C19H26N4O3. The molecule has 2 heterocycles. The van der Waals surface area contributed by atoms with E-state index in [9.17, 15) is 9.59 Å². The van der Waals surface area contributed by atoms with E-state index in [1.165, 1.54) is 6.20 Å². The Kier molecular flexibility index (Phi) is 6.49. The number of amides is 1. The number of carbonyl (C=O) groups is 2. The molecule has 0 aliphatic carbocycles. The molecule has 0 radical (unpaired) electrons. The molecule has 1 aromatic heterocycles. The van der Waals surface area contributed by atoms with Gasteiger partial charge in [0.2, 0.25) is 0 Å². The predicted molar refractivity (Wildman–Crippen MR) is 101 cm³/mol. The number of hydrogen-bond acceptors (Lipinski definition) is 6. The second-order valence-corrected chi connectivity index (χ2v) is 7.13. The molecule has 1 aliphatic rings. The summed E-state index contributed by atoms with van der Waals surface area (Å²) < 4.78 is 5.50. The summed E-state index contributed by atoms with van der Waals surface area (Å²) in [5, 5.41) is 10.1. The Morgan fingerprint density at radius 3 is 2.85 bits per heavy atom. The van der Waals surface area contributed by atoms with Crippen molar-refractivity contribution in [1.29, 1.82) is 5.41 Å². The molecule has 2 rings (SSSR count). The average Bonchev–Trinajstić information content (AvgIpc) is 2.59. The lowest BCUT2D eigenvalue weighted by molar-refractivity contribution is -0.104. The Labute approximate surface area is 153 Å². The van der Waals surface area contributed by atoms with Crippen molar-refractivity contribution in [3.8, 4) is 0 Å². The molecule has 1 aliphatic heterocycles. The highest BCUT2D eigenvalue weighted by molar-refractivity contribution is 6.00. The molecule has 140 valence electrons. The molecule has 2 N–H and O–H groups in total. The summed E-state index contributed by atoms with van der Waals surface area (Å²) in [6, 6.07) is 3.97. The number of aryl methyl sites for hydroxylation is 1.